The van der Waals surface area contributed by atoms with Crippen LogP contribution in [-0.2, 0) is 13.1 Å². The summed E-state index contributed by atoms with van der Waals surface area (Å²) in [5.74, 6) is 0.928. The van der Waals surface area contributed by atoms with E-state index in [1.165, 1.54) is 23.5 Å². The summed E-state index contributed by atoms with van der Waals surface area (Å²) in [5.41, 5.74) is 2.40. The third-order valence-electron chi connectivity index (χ3n) is 4.97. The Balaban J connectivity index is 1.76. The minimum atomic E-state index is -0.492. The van der Waals surface area contributed by atoms with Crippen molar-refractivity contribution in [3.63, 3.8) is 0 Å². The second kappa shape index (κ2) is 10.0. The molecule has 0 N–H and O–H groups in total. The van der Waals surface area contributed by atoms with Crippen molar-refractivity contribution in [2.45, 2.75) is 19.5 Å². The number of rotatable bonds is 8. The Morgan fingerprint density at radius 1 is 1.12 bits per heavy atom. The van der Waals surface area contributed by atoms with E-state index in [9.17, 15) is 4.39 Å². The van der Waals surface area contributed by atoms with Crippen molar-refractivity contribution in [3.8, 4) is 22.8 Å². The number of aryl methyl sites for hydroxylation is 1. The zero-order chi connectivity index (χ0) is 22.5. The average Bonchev–Trinajstić information content (AvgIpc) is 3.46. The number of aromatic nitrogens is 3. The summed E-state index contributed by atoms with van der Waals surface area (Å²) in [7, 11) is 3.26. The molecule has 9 heteroatoms. The molecule has 0 saturated carbocycles. The minimum Gasteiger partial charge on any atom is -0.497 e. The standard InChI is InChI=1S/C23H22ClFN4O2S/c1-30-17-5-6-18(22(13-17)31-2)21-14-32-23(27-16-4-7-19(24)20(25)12-16)29(21)10-3-9-28-11-8-26-15-28/h4-8,11-15H,3,9-10H2,1-2H3. The van der Waals surface area contributed by atoms with Crippen molar-refractivity contribution in [1.82, 2.24) is 14.1 Å². The molecule has 32 heavy (non-hydrogen) atoms. The van der Waals surface area contributed by atoms with E-state index in [4.69, 9.17) is 26.1 Å². The summed E-state index contributed by atoms with van der Waals surface area (Å²) in [6.07, 6.45) is 6.36. The van der Waals surface area contributed by atoms with Gasteiger partial charge in [0.1, 0.15) is 17.3 Å². The zero-order valence-electron chi connectivity index (χ0n) is 17.7. The van der Waals surface area contributed by atoms with Crippen LogP contribution < -0.4 is 14.3 Å². The number of imidazole rings is 1. The normalized spacial score (nSPS) is 11.7. The van der Waals surface area contributed by atoms with E-state index in [-0.39, 0.29) is 5.02 Å². The maximum atomic E-state index is 14.0. The molecule has 0 aliphatic heterocycles. The maximum absolute atomic E-state index is 14.0. The molecule has 0 saturated heterocycles. The first-order valence-corrected chi connectivity index (χ1v) is 11.2. The SMILES string of the molecule is COc1ccc(-c2csc(=Nc3ccc(Cl)c(F)c3)n2CCCn2ccnc2)c(OC)c1. The molecule has 2 aromatic heterocycles. The molecule has 0 fully saturated rings. The van der Waals surface area contributed by atoms with Crippen LogP contribution in [0.25, 0.3) is 11.3 Å². The van der Waals surface area contributed by atoms with Crippen LogP contribution in [0.3, 0.4) is 0 Å². The molecule has 0 unspecified atom stereocenters. The number of halogens is 2. The fourth-order valence-electron chi connectivity index (χ4n) is 3.36. The number of methoxy groups -OCH3 is 2. The van der Waals surface area contributed by atoms with Gasteiger partial charge in [-0.3, -0.25) is 0 Å². The molecule has 0 atom stereocenters. The Hall–Kier alpha value is -3.10. The molecule has 0 spiro atoms. The van der Waals surface area contributed by atoms with Gasteiger partial charge in [-0.2, -0.15) is 0 Å². The molecule has 0 bridgehead atoms. The van der Waals surface area contributed by atoms with Crippen molar-refractivity contribution in [3.05, 3.63) is 76.1 Å². The number of ether oxygens (including phenoxy) is 2. The minimum absolute atomic E-state index is 0.0759. The molecule has 166 valence electrons. The number of nitrogens with zero attached hydrogens (tertiary/aromatic N) is 4. The van der Waals surface area contributed by atoms with E-state index >= 15 is 0 Å². The van der Waals surface area contributed by atoms with Gasteiger partial charge >= 0.3 is 0 Å². The highest BCUT2D eigenvalue weighted by Crippen LogP contribution is 2.34. The van der Waals surface area contributed by atoms with Gasteiger partial charge in [-0.15, -0.1) is 11.3 Å². The number of benzene rings is 2. The van der Waals surface area contributed by atoms with Crippen LogP contribution in [0.5, 0.6) is 11.5 Å². The Morgan fingerprint density at radius 3 is 2.72 bits per heavy atom. The lowest BCUT2D eigenvalue weighted by Crippen LogP contribution is -2.17. The number of hydrogen-bond acceptors (Lipinski definition) is 5. The van der Waals surface area contributed by atoms with Gasteiger partial charge in [-0.1, -0.05) is 11.6 Å². The largest absolute Gasteiger partial charge is 0.497 e. The highest BCUT2D eigenvalue weighted by molar-refractivity contribution is 7.07. The predicted molar refractivity (Wildman–Crippen MR) is 124 cm³/mol. The number of hydrogen-bond donors (Lipinski definition) is 0. The third kappa shape index (κ3) is 4.87. The van der Waals surface area contributed by atoms with Gasteiger partial charge in [0.2, 0.25) is 0 Å². The van der Waals surface area contributed by atoms with Crippen molar-refractivity contribution in [2.24, 2.45) is 4.99 Å². The van der Waals surface area contributed by atoms with Gasteiger partial charge in [0.25, 0.3) is 0 Å². The molecule has 2 heterocycles. The Morgan fingerprint density at radius 2 is 2.00 bits per heavy atom. The molecular weight excluding hydrogens is 451 g/mol. The molecule has 2 aromatic carbocycles. The van der Waals surface area contributed by atoms with Crippen LogP contribution in [0.1, 0.15) is 6.42 Å². The van der Waals surface area contributed by atoms with Crippen molar-refractivity contribution >= 4 is 28.6 Å². The van der Waals surface area contributed by atoms with Crippen molar-refractivity contribution in [1.29, 1.82) is 0 Å². The smallest absolute Gasteiger partial charge is 0.190 e. The molecule has 0 amide bonds. The van der Waals surface area contributed by atoms with Gasteiger partial charge in [0.15, 0.2) is 4.80 Å². The zero-order valence-corrected chi connectivity index (χ0v) is 19.2. The van der Waals surface area contributed by atoms with Crippen LogP contribution in [0.2, 0.25) is 5.02 Å². The Bertz CT molecular complexity index is 1270. The third-order valence-corrected chi connectivity index (χ3v) is 6.14. The van der Waals surface area contributed by atoms with E-state index in [0.717, 1.165) is 29.0 Å². The summed E-state index contributed by atoms with van der Waals surface area (Å²) >= 11 is 7.31. The summed E-state index contributed by atoms with van der Waals surface area (Å²) < 4.78 is 29.1. The van der Waals surface area contributed by atoms with E-state index < -0.39 is 5.82 Å². The highest BCUT2D eigenvalue weighted by atomic mass is 35.5. The van der Waals surface area contributed by atoms with Crippen LogP contribution in [0, 0.1) is 5.82 Å². The highest BCUT2D eigenvalue weighted by Gasteiger charge is 2.14. The van der Waals surface area contributed by atoms with Crippen molar-refractivity contribution < 1.29 is 13.9 Å². The number of thiazole rings is 1. The van der Waals surface area contributed by atoms with E-state index in [1.807, 2.05) is 34.3 Å². The second-order valence-electron chi connectivity index (χ2n) is 6.99. The summed E-state index contributed by atoms with van der Waals surface area (Å²) in [4.78, 5) is 9.54. The van der Waals surface area contributed by atoms with Crippen LogP contribution in [-0.4, -0.2) is 28.3 Å². The Labute approximate surface area is 194 Å². The van der Waals surface area contributed by atoms with Gasteiger partial charge in [0.05, 0.1) is 37.0 Å². The lowest BCUT2D eigenvalue weighted by molar-refractivity contribution is 0.395. The van der Waals surface area contributed by atoms with Crippen LogP contribution >= 0.6 is 22.9 Å². The van der Waals surface area contributed by atoms with Gasteiger partial charge < -0.3 is 18.6 Å². The van der Waals surface area contributed by atoms with E-state index in [2.05, 4.69) is 9.55 Å². The lowest BCUT2D eigenvalue weighted by atomic mass is 10.1. The van der Waals surface area contributed by atoms with Crippen molar-refractivity contribution in [2.75, 3.05) is 14.2 Å². The fourth-order valence-corrected chi connectivity index (χ4v) is 4.42. The molecule has 0 aliphatic rings. The summed E-state index contributed by atoms with van der Waals surface area (Å²) in [5, 5.41) is 2.11. The topological polar surface area (TPSA) is 53.6 Å². The second-order valence-corrected chi connectivity index (χ2v) is 8.23. The monoisotopic (exact) mass is 472 g/mol. The first-order chi connectivity index (χ1) is 15.6. The first-order valence-electron chi connectivity index (χ1n) is 9.95. The van der Waals surface area contributed by atoms with Gasteiger partial charge in [-0.25, -0.2) is 14.4 Å². The maximum Gasteiger partial charge on any atom is 0.190 e. The fraction of sp³-hybridized carbons (Fsp3) is 0.217. The summed E-state index contributed by atoms with van der Waals surface area (Å²) in [6.45, 7) is 1.53. The first kappa shape index (κ1) is 22.1. The van der Waals surface area contributed by atoms with Gasteiger partial charge in [0, 0.05) is 48.6 Å². The predicted octanol–water partition coefficient (Wildman–Crippen LogP) is 5.55. The average molecular weight is 473 g/mol. The molecule has 0 radical (unpaired) electrons. The van der Waals surface area contributed by atoms with Gasteiger partial charge in [-0.05, 0) is 30.7 Å². The van der Waals surface area contributed by atoms with Crippen LogP contribution in [0.4, 0.5) is 10.1 Å². The molecule has 6 nitrogen and oxygen atoms in total. The summed E-state index contributed by atoms with van der Waals surface area (Å²) in [6, 6.07) is 10.3. The lowest BCUT2D eigenvalue weighted by Gasteiger charge is -2.13. The molecular formula is C23H22ClFN4O2S. The van der Waals surface area contributed by atoms with Crippen LogP contribution in [0.15, 0.2) is 65.5 Å². The molecule has 4 aromatic rings. The quantitative estimate of drug-likeness (QED) is 0.338. The Kier molecular flexibility index (Phi) is 6.92. The van der Waals surface area contributed by atoms with E-state index in [0.29, 0.717) is 23.7 Å². The molecule has 0 aliphatic carbocycles. The van der Waals surface area contributed by atoms with E-state index in [1.54, 1.807) is 32.8 Å². The molecule has 4 rings (SSSR count).